The van der Waals surface area contributed by atoms with E-state index in [1.165, 1.54) is 0 Å². The molecule has 0 saturated heterocycles. The van der Waals surface area contributed by atoms with Crippen molar-refractivity contribution in [3.05, 3.63) is 46.8 Å². The lowest BCUT2D eigenvalue weighted by atomic mass is 9.92. The number of rotatable bonds is 8. The van der Waals surface area contributed by atoms with Crippen molar-refractivity contribution in [3.8, 4) is 11.1 Å². The van der Waals surface area contributed by atoms with Crippen LogP contribution in [0.5, 0.6) is 0 Å². The van der Waals surface area contributed by atoms with Gasteiger partial charge in [-0.25, -0.2) is 14.4 Å². The van der Waals surface area contributed by atoms with Gasteiger partial charge in [-0.2, -0.15) is 0 Å². The Morgan fingerprint density at radius 2 is 1.69 bits per heavy atom. The minimum Gasteiger partial charge on any atom is -0.479 e. The van der Waals surface area contributed by atoms with E-state index in [0.717, 1.165) is 22.4 Å². The Hall–Kier alpha value is -3.62. The van der Waals surface area contributed by atoms with Crippen molar-refractivity contribution in [1.29, 1.82) is 0 Å². The Bertz CT molecular complexity index is 1070. The van der Waals surface area contributed by atoms with Gasteiger partial charge < -0.3 is 19.9 Å². The average Bonchev–Trinajstić information content (AvgIpc) is 2.72. The normalized spacial score (nSPS) is 11.2. The predicted molar refractivity (Wildman–Crippen MR) is 133 cm³/mol. The van der Waals surface area contributed by atoms with Crippen molar-refractivity contribution in [2.24, 2.45) is 5.92 Å². The number of carbonyl (C=O) groups excluding carboxylic acids is 2. The molecule has 9 nitrogen and oxygen atoms in total. The van der Waals surface area contributed by atoms with Gasteiger partial charge in [0.1, 0.15) is 5.60 Å². The van der Waals surface area contributed by atoms with Crippen molar-refractivity contribution in [3.63, 3.8) is 0 Å². The molecule has 2 aromatic rings. The highest BCUT2D eigenvalue weighted by Gasteiger charge is 2.23. The van der Waals surface area contributed by atoms with Crippen molar-refractivity contribution in [1.82, 2.24) is 10.3 Å². The lowest BCUT2D eigenvalue weighted by Gasteiger charge is -2.23. The lowest BCUT2D eigenvalue weighted by molar-refractivity contribution is -0.140. The van der Waals surface area contributed by atoms with Gasteiger partial charge >= 0.3 is 18.2 Å². The monoisotopic (exact) mass is 485 g/mol. The van der Waals surface area contributed by atoms with Crippen LogP contribution < -0.4 is 10.6 Å². The van der Waals surface area contributed by atoms with E-state index in [4.69, 9.17) is 19.6 Å². The maximum absolute atomic E-state index is 12.4. The maximum atomic E-state index is 12.4. The van der Waals surface area contributed by atoms with Crippen LogP contribution in [0.4, 0.5) is 15.3 Å². The molecule has 0 aliphatic rings. The minimum absolute atomic E-state index is 0.117. The Morgan fingerprint density at radius 3 is 2.23 bits per heavy atom. The molecule has 1 aromatic heterocycles. The van der Waals surface area contributed by atoms with Crippen molar-refractivity contribution in [2.75, 3.05) is 11.9 Å². The first-order chi connectivity index (χ1) is 16.3. The van der Waals surface area contributed by atoms with Crippen LogP contribution in [0.3, 0.4) is 0 Å². The number of ether oxygens (including phenoxy) is 2. The van der Waals surface area contributed by atoms with Crippen LogP contribution in [-0.2, 0) is 27.2 Å². The summed E-state index contributed by atoms with van der Waals surface area (Å²) in [7, 11) is 0. The van der Waals surface area contributed by atoms with E-state index in [9.17, 15) is 14.4 Å². The zero-order chi connectivity index (χ0) is 26.3. The van der Waals surface area contributed by atoms with E-state index < -0.39 is 30.4 Å². The fourth-order valence-corrected chi connectivity index (χ4v) is 3.48. The number of alkyl carbamates (subject to hydrolysis) is 1. The number of hydrogen-bond acceptors (Lipinski definition) is 6. The number of aromatic nitrogens is 1. The largest absolute Gasteiger partial charge is 0.479 e. The summed E-state index contributed by atoms with van der Waals surface area (Å²) in [5.41, 5.74) is 4.34. The second-order valence-corrected chi connectivity index (χ2v) is 9.79. The molecule has 2 amide bonds. The average molecular weight is 486 g/mol. The highest BCUT2D eigenvalue weighted by Crippen LogP contribution is 2.36. The molecule has 0 spiro atoms. The second kappa shape index (κ2) is 11.7. The molecule has 0 fully saturated rings. The van der Waals surface area contributed by atoms with Gasteiger partial charge in [0, 0.05) is 23.4 Å². The molecule has 0 unspecified atom stereocenters. The van der Waals surface area contributed by atoms with Gasteiger partial charge in [-0.1, -0.05) is 43.7 Å². The van der Waals surface area contributed by atoms with Crippen molar-refractivity contribution < 1.29 is 29.0 Å². The van der Waals surface area contributed by atoms with Gasteiger partial charge in [0.15, 0.2) is 6.61 Å². The summed E-state index contributed by atoms with van der Waals surface area (Å²) in [6.07, 6.45) is -0.832. The van der Waals surface area contributed by atoms with Crippen LogP contribution in [-0.4, -0.2) is 40.5 Å². The highest BCUT2D eigenvalue weighted by molar-refractivity contribution is 5.94. The quantitative estimate of drug-likeness (QED) is 0.468. The lowest BCUT2D eigenvalue weighted by Crippen LogP contribution is -2.32. The van der Waals surface area contributed by atoms with Crippen molar-refractivity contribution in [2.45, 2.75) is 67.0 Å². The number of aliphatic carboxylic acids is 1. The van der Waals surface area contributed by atoms with Gasteiger partial charge in [-0.15, -0.1) is 0 Å². The first-order valence-electron chi connectivity index (χ1n) is 11.5. The summed E-state index contributed by atoms with van der Waals surface area (Å²) in [6, 6.07) is 7.75. The molecule has 0 saturated carbocycles. The fraction of sp³-hybridized carbons (Fsp3) is 0.462. The number of carboxylic acids is 1. The fourth-order valence-electron chi connectivity index (χ4n) is 3.48. The van der Waals surface area contributed by atoms with Gasteiger partial charge in [-0.3, -0.25) is 10.3 Å². The van der Waals surface area contributed by atoms with Crippen LogP contribution in [0, 0.1) is 19.8 Å². The SMILES string of the molecule is Cc1ccc(-c2c(CNC(=O)OC(C)(C)C)c(CC(C)C)nc(C)c2NC(=O)OCC(=O)O)cc1. The van der Waals surface area contributed by atoms with Gasteiger partial charge in [0.25, 0.3) is 0 Å². The molecule has 1 heterocycles. The summed E-state index contributed by atoms with van der Waals surface area (Å²) in [5, 5.41) is 14.3. The van der Waals surface area contributed by atoms with Crippen LogP contribution in [0.15, 0.2) is 24.3 Å². The summed E-state index contributed by atoms with van der Waals surface area (Å²) in [6.45, 7) is 12.6. The number of anilines is 1. The zero-order valence-electron chi connectivity index (χ0n) is 21.4. The Kier molecular flexibility index (Phi) is 9.22. The third kappa shape index (κ3) is 8.59. The molecular formula is C26H35N3O6. The molecule has 190 valence electrons. The van der Waals surface area contributed by atoms with E-state index in [1.807, 2.05) is 31.2 Å². The molecule has 0 bridgehead atoms. The van der Waals surface area contributed by atoms with Crippen LogP contribution in [0.1, 0.15) is 57.1 Å². The number of aryl methyl sites for hydroxylation is 2. The first-order valence-corrected chi connectivity index (χ1v) is 11.5. The number of pyridine rings is 1. The van der Waals surface area contributed by atoms with E-state index in [2.05, 4.69) is 24.5 Å². The standard InChI is InChI=1S/C26H35N3O6/c1-15(2)12-20-19(13-27-24(32)35-26(5,6)7)22(18-10-8-16(3)9-11-18)23(17(4)28-20)29-25(33)34-14-21(30)31/h8-11,15H,12-14H2,1-7H3,(H,27,32)(H,29,33)(H,30,31). The van der Waals surface area contributed by atoms with Crippen LogP contribution in [0.2, 0.25) is 0 Å². The minimum atomic E-state index is -1.26. The molecule has 0 atom stereocenters. The number of carbonyl (C=O) groups is 3. The first kappa shape index (κ1) is 27.6. The van der Waals surface area contributed by atoms with Gasteiger partial charge in [0.2, 0.25) is 0 Å². The molecule has 1 aromatic carbocycles. The number of benzene rings is 1. The second-order valence-electron chi connectivity index (χ2n) is 9.79. The molecular weight excluding hydrogens is 450 g/mol. The number of hydrogen-bond donors (Lipinski definition) is 3. The van der Waals surface area contributed by atoms with Gasteiger partial charge in [-0.05, 0) is 52.5 Å². The number of amides is 2. The van der Waals surface area contributed by atoms with E-state index in [0.29, 0.717) is 23.4 Å². The van der Waals surface area contributed by atoms with Crippen LogP contribution in [0.25, 0.3) is 11.1 Å². The molecule has 2 rings (SSSR count). The predicted octanol–water partition coefficient (Wildman–Crippen LogP) is 5.22. The summed E-state index contributed by atoms with van der Waals surface area (Å²) < 4.78 is 10.2. The Labute approximate surface area is 206 Å². The molecule has 3 N–H and O–H groups in total. The molecule has 9 heteroatoms. The highest BCUT2D eigenvalue weighted by atomic mass is 16.6. The van der Waals surface area contributed by atoms with E-state index in [1.54, 1.807) is 27.7 Å². The summed E-state index contributed by atoms with van der Waals surface area (Å²) >= 11 is 0. The summed E-state index contributed by atoms with van der Waals surface area (Å²) in [4.78, 5) is 40.4. The van der Waals surface area contributed by atoms with E-state index in [-0.39, 0.29) is 12.5 Å². The molecule has 0 aliphatic carbocycles. The Morgan fingerprint density at radius 1 is 1.06 bits per heavy atom. The maximum Gasteiger partial charge on any atom is 0.412 e. The summed E-state index contributed by atoms with van der Waals surface area (Å²) in [5.74, 6) is -0.976. The van der Waals surface area contributed by atoms with Crippen LogP contribution >= 0.6 is 0 Å². The third-order valence-electron chi connectivity index (χ3n) is 4.87. The third-order valence-corrected chi connectivity index (χ3v) is 4.87. The molecule has 35 heavy (non-hydrogen) atoms. The van der Waals surface area contributed by atoms with Crippen molar-refractivity contribution >= 4 is 23.8 Å². The topological polar surface area (TPSA) is 127 Å². The number of nitrogens with one attached hydrogen (secondary N) is 2. The number of nitrogens with zero attached hydrogens (tertiary/aromatic N) is 1. The van der Waals surface area contributed by atoms with E-state index >= 15 is 0 Å². The molecule has 0 aliphatic heterocycles. The zero-order valence-corrected chi connectivity index (χ0v) is 21.4. The Balaban J connectivity index is 2.62. The smallest absolute Gasteiger partial charge is 0.412 e. The number of carboxylic acid groups (broad SMARTS) is 1. The molecule has 0 radical (unpaired) electrons. The van der Waals surface area contributed by atoms with Gasteiger partial charge in [0.05, 0.1) is 11.4 Å².